The van der Waals surface area contributed by atoms with Crippen LogP contribution in [0.2, 0.25) is 0 Å². The van der Waals surface area contributed by atoms with Gasteiger partial charge in [0, 0.05) is 25.2 Å². The average Bonchev–Trinajstić information content (AvgIpc) is 3.21. The highest BCUT2D eigenvalue weighted by atomic mass is 32.2. The van der Waals surface area contributed by atoms with Crippen molar-refractivity contribution in [1.82, 2.24) is 9.03 Å². The standard InChI is InChI=1S/C19H22N2O4S/c22-26(23,21-10-9-16-3-1-2-4-18(16)14-21)20-13-15-5-7-17(8-6-15)19-24-11-12-25-19/h1-8,19-20H,9-14H2. The predicted octanol–water partition coefficient (Wildman–Crippen LogP) is 2.12. The number of fused-ring (bicyclic) bond motifs is 1. The number of rotatable bonds is 5. The van der Waals surface area contributed by atoms with Gasteiger partial charge in [-0.3, -0.25) is 0 Å². The number of ether oxygens (including phenoxy) is 2. The first kappa shape index (κ1) is 17.6. The van der Waals surface area contributed by atoms with Gasteiger partial charge >= 0.3 is 0 Å². The van der Waals surface area contributed by atoms with Crippen LogP contribution < -0.4 is 4.72 Å². The van der Waals surface area contributed by atoms with Gasteiger partial charge in [-0.1, -0.05) is 48.5 Å². The molecule has 2 heterocycles. The quantitative estimate of drug-likeness (QED) is 0.871. The predicted molar refractivity (Wildman–Crippen MR) is 97.4 cm³/mol. The smallest absolute Gasteiger partial charge is 0.280 e. The lowest BCUT2D eigenvalue weighted by molar-refractivity contribution is -0.0441. The van der Waals surface area contributed by atoms with E-state index in [4.69, 9.17) is 9.47 Å². The monoisotopic (exact) mass is 374 g/mol. The van der Waals surface area contributed by atoms with Crippen LogP contribution in [0, 0.1) is 0 Å². The summed E-state index contributed by atoms with van der Waals surface area (Å²) in [5, 5.41) is 0. The summed E-state index contributed by atoms with van der Waals surface area (Å²) in [6.45, 7) is 2.38. The summed E-state index contributed by atoms with van der Waals surface area (Å²) in [4.78, 5) is 0. The molecular weight excluding hydrogens is 352 g/mol. The minimum Gasteiger partial charge on any atom is -0.346 e. The third-order valence-electron chi connectivity index (χ3n) is 4.77. The fourth-order valence-corrected chi connectivity index (χ4v) is 4.46. The molecule has 0 spiro atoms. The Bertz CT molecular complexity index is 861. The van der Waals surface area contributed by atoms with Gasteiger partial charge in [-0.2, -0.15) is 17.4 Å². The molecule has 0 radical (unpaired) electrons. The van der Waals surface area contributed by atoms with Gasteiger partial charge in [0.25, 0.3) is 10.2 Å². The summed E-state index contributed by atoms with van der Waals surface area (Å²) in [7, 11) is -3.52. The number of benzene rings is 2. The molecule has 0 aliphatic carbocycles. The molecule has 1 saturated heterocycles. The normalized spacial score (nSPS) is 18.8. The van der Waals surface area contributed by atoms with Gasteiger partial charge in [0.05, 0.1) is 13.2 Å². The van der Waals surface area contributed by atoms with E-state index in [-0.39, 0.29) is 12.8 Å². The zero-order valence-electron chi connectivity index (χ0n) is 14.4. The van der Waals surface area contributed by atoms with Crippen LogP contribution in [0.15, 0.2) is 48.5 Å². The van der Waals surface area contributed by atoms with Crippen molar-refractivity contribution in [2.75, 3.05) is 19.8 Å². The molecule has 2 aromatic carbocycles. The van der Waals surface area contributed by atoms with Crippen LogP contribution >= 0.6 is 0 Å². The van der Waals surface area contributed by atoms with Gasteiger partial charge in [-0.25, -0.2) is 0 Å². The summed E-state index contributed by atoms with van der Waals surface area (Å²) in [6.07, 6.45) is 0.432. The van der Waals surface area contributed by atoms with E-state index in [1.54, 1.807) is 0 Å². The first-order valence-electron chi connectivity index (χ1n) is 8.75. The van der Waals surface area contributed by atoms with Gasteiger partial charge < -0.3 is 9.47 Å². The van der Waals surface area contributed by atoms with Crippen LogP contribution in [0.5, 0.6) is 0 Å². The molecule has 0 unspecified atom stereocenters. The molecule has 4 rings (SSSR count). The summed E-state index contributed by atoms with van der Waals surface area (Å²) in [5.74, 6) is 0. The number of hydrogen-bond donors (Lipinski definition) is 1. The fraction of sp³-hybridized carbons (Fsp3) is 0.368. The van der Waals surface area contributed by atoms with E-state index in [0.29, 0.717) is 26.3 Å². The zero-order valence-corrected chi connectivity index (χ0v) is 15.2. The van der Waals surface area contributed by atoms with Crippen LogP contribution in [-0.4, -0.2) is 32.5 Å². The number of nitrogens with zero attached hydrogens (tertiary/aromatic N) is 1. The lowest BCUT2D eigenvalue weighted by atomic mass is 10.0. The van der Waals surface area contributed by atoms with Gasteiger partial charge in [0.15, 0.2) is 6.29 Å². The Morgan fingerprint density at radius 3 is 2.42 bits per heavy atom. The molecule has 1 fully saturated rings. The van der Waals surface area contributed by atoms with Gasteiger partial charge in [0.1, 0.15) is 0 Å². The Kier molecular flexibility index (Phi) is 5.06. The van der Waals surface area contributed by atoms with Crippen molar-refractivity contribution in [3.05, 3.63) is 70.8 Å². The lowest BCUT2D eigenvalue weighted by Gasteiger charge is -2.28. The van der Waals surface area contributed by atoms with Crippen molar-refractivity contribution in [2.45, 2.75) is 25.8 Å². The molecule has 2 aliphatic heterocycles. The first-order chi connectivity index (χ1) is 12.6. The molecule has 1 N–H and O–H groups in total. The molecular formula is C19H22N2O4S. The molecule has 0 atom stereocenters. The Labute approximate surface area is 153 Å². The minimum absolute atomic E-state index is 0.257. The van der Waals surface area contributed by atoms with Gasteiger partial charge in [-0.05, 0) is 23.1 Å². The Balaban J connectivity index is 1.38. The lowest BCUT2D eigenvalue weighted by Crippen LogP contribution is -2.43. The van der Waals surface area contributed by atoms with E-state index < -0.39 is 10.2 Å². The molecule has 0 aromatic heterocycles. The van der Waals surface area contributed by atoms with Crippen molar-refractivity contribution >= 4 is 10.2 Å². The van der Waals surface area contributed by atoms with Gasteiger partial charge in [-0.15, -0.1) is 0 Å². The molecule has 6 nitrogen and oxygen atoms in total. The van der Waals surface area contributed by atoms with Crippen LogP contribution in [0.4, 0.5) is 0 Å². The molecule has 2 aliphatic rings. The maximum Gasteiger partial charge on any atom is 0.280 e. The molecule has 7 heteroatoms. The van der Waals surface area contributed by atoms with Crippen molar-refractivity contribution in [1.29, 1.82) is 0 Å². The molecule has 138 valence electrons. The largest absolute Gasteiger partial charge is 0.346 e. The minimum atomic E-state index is -3.52. The Morgan fingerprint density at radius 2 is 1.69 bits per heavy atom. The Morgan fingerprint density at radius 1 is 1.00 bits per heavy atom. The van der Waals surface area contributed by atoms with Crippen molar-refractivity contribution < 1.29 is 17.9 Å². The fourth-order valence-electron chi connectivity index (χ4n) is 3.28. The average molecular weight is 374 g/mol. The highest BCUT2D eigenvalue weighted by molar-refractivity contribution is 7.87. The maximum absolute atomic E-state index is 12.6. The van der Waals surface area contributed by atoms with Crippen LogP contribution in [0.1, 0.15) is 28.5 Å². The van der Waals surface area contributed by atoms with E-state index in [9.17, 15) is 8.42 Å². The van der Waals surface area contributed by atoms with E-state index in [1.165, 1.54) is 9.87 Å². The Hall–Kier alpha value is -1.77. The van der Waals surface area contributed by atoms with E-state index in [1.807, 2.05) is 42.5 Å². The van der Waals surface area contributed by atoms with Crippen molar-refractivity contribution in [3.63, 3.8) is 0 Å². The SMILES string of the molecule is O=S(=O)(NCc1ccc(C2OCCO2)cc1)N1CCc2ccccc2C1. The highest BCUT2D eigenvalue weighted by Gasteiger charge is 2.26. The van der Waals surface area contributed by atoms with Crippen molar-refractivity contribution in [2.24, 2.45) is 0 Å². The van der Waals surface area contributed by atoms with Gasteiger partial charge in [0.2, 0.25) is 0 Å². The number of nitrogens with one attached hydrogen (secondary N) is 1. The van der Waals surface area contributed by atoms with E-state index in [0.717, 1.165) is 23.1 Å². The molecule has 26 heavy (non-hydrogen) atoms. The van der Waals surface area contributed by atoms with E-state index in [2.05, 4.69) is 10.8 Å². The van der Waals surface area contributed by atoms with Crippen LogP contribution in [0.25, 0.3) is 0 Å². The summed E-state index contributed by atoms with van der Waals surface area (Å²) in [5.41, 5.74) is 4.14. The van der Waals surface area contributed by atoms with Crippen LogP contribution in [-0.2, 0) is 39.2 Å². The first-order valence-corrected chi connectivity index (χ1v) is 10.2. The summed E-state index contributed by atoms with van der Waals surface area (Å²) >= 11 is 0. The second-order valence-corrected chi connectivity index (χ2v) is 8.25. The highest BCUT2D eigenvalue weighted by Crippen LogP contribution is 2.23. The molecule has 0 saturated carbocycles. The topological polar surface area (TPSA) is 67.9 Å². The molecule has 0 amide bonds. The third kappa shape index (κ3) is 3.82. The summed E-state index contributed by atoms with van der Waals surface area (Å²) < 4.78 is 40.4. The van der Waals surface area contributed by atoms with Crippen LogP contribution in [0.3, 0.4) is 0 Å². The number of hydrogen-bond acceptors (Lipinski definition) is 4. The molecule has 0 bridgehead atoms. The zero-order chi connectivity index (χ0) is 18.0. The second kappa shape index (κ2) is 7.46. The van der Waals surface area contributed by atoms with E-state index >= 15 is 0 Å². The third-order valence-corrected chi connectivity index (χ3v) is 6.27. The van der Waals surface area contributed by atoms with Crippen molar-refractivity contribution in [3.8, 4) is 0 Å². The maximum atomic E-state index is 12.6. The summed E-state index contributed by atoms with van der Waals surface area (Å²) in [6, 6.07) is 15.6. The molecule has 2 aromatic rings. The second-order valence-electron chi connectivity index (χ2n) is 6.49.